The zero-order valence-electron chi connectivity index (χ0n) is 13.6. The van der Waals surface area contributed by atoms with E-state index in [4.69, 9.17) is 12.2 Å². The van der Waals surface area contributed by atoms with Crippen molar-refractivity contribution in [3.05, 3.63) is 58.8 Å². The molecular weight excluding hydrogens is 434 g/mol. The number of hydrogen-bond donors (Lipinski definition) is 2. The number of benzene rings is 1. The molecule has 3 amide bonds. The molecule has 2 aromatic rings. The topological polar surface area (TPSA) is 104 Å². The number of carbonyl (C=O) groups is 3. The number of carbonyl (C=O) groups excluding carboxylic acids is 3. The third-order valence-electron chi connectivity index (χ3n) is 3.60. The fraction of sp³-hybridized carbons (Fsp3) is 0.0588. The average Bonchev–Trinajstić information content (AvgIpc) is 2.66. The van der Waals surface area contributed by atoms with Crippen molar-refractivity contribution in [2.75, 3.05) is 4.90 Å². The highest BCUT2D eigenvalue weighted by Gasteiger charge is 2.38. The number of amides is 3. The lowest BCUT2D eigenvalue weighted by Gasteiger charge is -2.30. The number of rotatable bonds is 4. The third kappa shape index (κ3) is 4.23. The Bertz CT molecular complexity index is 933. The van der Waals surface area contributed by atoms with Gasteiger partial charge in [-0.3, -0.25) is 24.3 Å². The molecule has 8 nitrogen and oxygen atoms in total. The molecule has 1 fully saturated rings. The van der Waals surface area contributed by atoms with E-state index < -0.39 is 23.6 Å². The Hall–Kier alpha value is -2.98. The molecule has 0 bridgehead atoms. The predicted octanol–water partition coefficient (Wildman–Crippen LogP) is 1.62. The van der Waals surface area contributed by atoms with Gasteiger partial charge >= 0.3 is 0 Å². The van der Waals surface area contributed by atoms with Crippen molar-refractivity contribution in [1.82, 2.24) is 15.7 Å². The Labute approximate surface area is 167 Å². The number of hydrazone groups is 1. The van der Waals surface area contributed by atoms with Gasteiger partial charge in [-0.15, -0.1) is 0 Å². The number of aromatic nitrogens is 1. The van der Waals surface area contributed by atoms with Crippen LogP contribution < -0.4 is 15.6 Å². The van der Waals surface area contributed by atoms with E-state index in [2.05, 4.69) is 36.8 Å². The summed E-state index contributed by atoms with van der Waals surface area (Å²) in [6.45, 7) is 0. The Kier molecular flexibility index (Phi) is 5.67. The van der Waals surface area contributed by atoms with Crippen molar-refractivity contribution < 1.29 is 14.4 Å². The molecule has 1 aromatic carbocycles. The van der Waals surface area contributed by atoms with Gasteiger partial charge in [-0.25, -0.2) is 5.43 Å². The van der Waals surface area contributed by atoms with Crippen molar-refractivity contribution >= 4 is 62.9 Å². The first-order chi connectivity index (χ1) is 13.0. The van der Waals surface area contributed by atoms with Gasteiger partial charge in [0, 0.05) is 23.1 Å². The highest BCUT2D eigenvalue weighted by molar-refractivity contribution is 9.10. The van der Waals surface area contributed by atoms with Crippen LogP contribution in [0.2, 0.25) is 0 Å². The normalized spacial score (nSPS) is 17.1. The molecule has 1 atom stereocenters. The van der Waals surface area contributed by atoms with Gasteiger partial charge in [-0.2, -0.15) is 5.10 Å². The highest BCUT2D eigenvalue weighted by Crippen LogP contribution is 2.22. The molecule has 0 radical (unpaired) electrons. The summed E-state index contributed by atoms with van der Waals surface area (Å²) in [6.07, 6.45) is 3.97. The first-order valence-corrected chi connectivity index (χ1v) is 8.85. The lowest BCUT2D eigenvalue weighted by molar-refractivity contribution is -0.130. The van der Waals surface area contributed by atoms with Gasteiger partial charge in [0.1, 0.15) is 0 Å². The second kappa shape index (κ2) is 8.14. The SMILES string of the molecule is O=C(N/N=C\[C@@H]1C(=O)NC(=S)N(c2ccc(Br)cc2)C1=O)c1cccnc1. The molecule has 2 heterocycles. The van der Waals surface area contributed by atoms with Crippen LogP contribution in [0.3, 0.4) is 0 Å². The second-order valence-corrected chi connectivity index (χ2v) is 6.69. The number of anilines is 1. The smallest absolute Gasteiger partial charge is 0.272 e. The van der Waals surface area contributed by atoms with E-state index in [0.29, 0.717) is 11.3 Å². The number of nitrogens with zero attached hydrogens (tertiary/aromatic N) is 3. The molecule has 136 valence electrons. The van der Waals surface area contributed by atoms with E-state index in [-0.39, 0.29) is 5.11 Å². The summed E-state index contributed by atoms with van der Waals surface area (Å²) in [5, 5.41) is 6.18. The molecule has 1 aromatic heterocycles. The van der Waals surface area contributed by atoms with Crippen molar-refractivity contribution in [2.45, 2.75) is 0 Å². The minimum atomic E-state index is -1.23. The van der Waals surface area contributed by atoms with Crippen LogP contribution in [0.5, 0.6) is 0 Å². The Morgan fingerprint density at radius 3 is 2.70 bits per heavy atom. The minimum absolute atomic E-state index is 0.0173. The van der Waals surface area contributed by atoms with Crippen LogP contribution in [0, 0.1) is 5.92 Å². The van der Waals surface area contributed by atoms with Crippen LogP contribution in [0.25, 0.3) is 0 Å². The summed E-state index contributed by atoms with van der Waals surface area (Å²) in [7, 11) is 0. The molecule has 0 spiro atoms. The van der Waals surface area contributed by atoms with Crippen molar-refractivity contribution in [1.29, 1.82) is 0 Å². The Balaban J connectivity index is 1.75. The summed E-state index contributed by atoms with van der Waals surface area (Å²) >= 11 is 8.42. The lowest BCUT2D eigenvalue weighted by atomic mass is 10.1. The maximum Gasteiger partial charge on any atom is 0.272 e. The number of thiocarbonyl (C=S) groups is 1. The fourth-order valence-electron chi connectivity index (χ4n) is 2.29. The lowest BCUT2D eigenvalue weighted by Crippen LogP contribution is -2.58. The quantitative estimate of drug-likeness (QED) is 0.322. The molecular formula is C17H12BrN5O3S. The van der Waals surface area contributed by atoms with Gasteiger partial charge in [-0.05, 0) is 48.6 Å². The fourth-order valence-corrected chi connectivity index (χ4v) is 2.85. The third-order valence-corrected chi connectivity index (χ3v) is 4.41. The van der Waals surface area contributed by atoms with E-state index in [0.717, 1.165) is 10.7 Å². The van der Waals surface area contributed by atoms with Crippen LogP contribution in [-0.4, -0.2) is 34.0 Å². The number of nitrogens with one attached hydrogen (secondary N) is 2. The number of halogens is 1. The van der Waals surface area contributed by atoms with Gasteiger partial charge in [0.2, 0.25) is 5.91 Å². The van der Waals surface area contributed by atoms with Crippen LogP contribution in [0.1, 0.15) is 10.4 Å². The van der Waals surface area contributed by atoms with Crippen molar-refractivity contribution in [3.8, 4) is 0 Å². The highest BCUT2D eigenvalue weighted by atomic mass is 79.9. The molecule has 1 saturated heterocycles. The maximum absolute atomic E-state index is 12.7. The number of pyridine rings is 1. The molecule has 1 aliphatic rings. The van der Waals surface area contributed by atoms with Gasteiger partial charge in [0.25, 0.3) is 11.8 Å². The summed E-state index contributed by atoms with van der Waals surface area (Å²) in [4.78, 5) is 41.8. The molecule has 0 unspecified atom stereocenters. The maximum atomic E-state index is 12.7. The van der Waals surface area contributed by atoms with Crippen molar-refractivity contribution in [2.24, 2.45) is 11.0 Å². The Morgan fingerprint density at radius 1 is 1.30 bits per heavy atom. The van der Waals surface area contributed by atoms with Crippen molar-refractivity contribution in [3.63, 3.8) is 0 Å². The predicted molar refractivity (Wildman–Crippen MR) is 106 cm³/mol. The standard InChI is InChI=1S/C17H12BrN5O3S/c18-11-3-5-12(6-4-11)23-16(26)13(15(25)21-17(23)27)9-20-22-14(24)10-2-1-7-19-8-10/h1-9,13H,(H,22,24)(H,21,25,27)/b20-9-/t13-/m1/s1. The molecule has 0 aliphatic carbocycles. The van der Waals surface area contributed by atoms with E-state index in [1.807, 2.05) is 0 Å². The van der Waals surface area contributed by atoms with Gasteiger partial charge in [0.05, 0.1) is 11.3 Å². The van der Waals surface area contributed by atoms with Crippen LogP contribution in [-0.2, 0) is 9.59 Å². The minimum Gasteiger partial charge on any atom is -0.301 e. The second-order valence-electron chi connectivity index (χ2n) is 5.38. The zero-order valence-corrected chi connectivity index (χ0v) is 16.0. The molecule has 1 aliphatic heterocycles. The van der Waals surface area contributed by atoms with Gasteiger partial charge in [0.15, 0.2) is 11.0 Å². The Morgan fingerprint density at radius 2 is 2.04 bits per heavy atom. The van der Waals surface area contributed by atoms with E-state index in [1.54, 1.807) is 36.4 Å². The van der Waals surface area contributed by atoms with E-state index >= 15 is 0 Å². The summed E-state index contributed by atoms with van der Waals surface area (Å²) in [5.74, 6) is -2.92. The molecule has 27 heavy (non-hydrogen) atoms. The summed E-state index contributed by atoms with van der Waals surface area (Å²) in [6, 6.07) is 10.0. The number of hydrogen-bond acceptors (Lipinski definition) is 6. The molecule has 3 rings (SSSR count). The average molecular weight is 446 g/mol. The van der Waals surface area contributed by atoms with Gasteiger partial charge < -0.3 is 5.32 Å². The van der Waals surface area contributed by atoms with E-state index in [9.17, 15) is 14.4 Å². The first-order valence-electron chi connectivity index (χ1n) is 7.65. The molecule has 0 saturated carbocycles. The summed E-state index contributed by atoms with van der Waals surface area (Å²) < 4.78 is 0.835. The molecule has 2 N–H and O–H groups in total. The monoisotopic (exact) mass is 445 g/mol. The first kappa shape index (κ1) is 18.8. The molecule has 10 heteroatoms. The largest absolute Gasteiger partial charge is 0.301 e. The van der Waals surface area contributed by atoms with Crippen LogP contribution in [0.4, 0.5) is 5.69 Å². The van der Waals surface area contributed by atoms with Crippen LogP contribution >= 0.6 is 28.1 Å². The summed E-state index contributed by atoms with van der Waals surface area (Å²) in [5.41, 5.74) is 3.06. The zero-order chi connectivity index (χ0) is 19.4. The van der Waals surface area contributed by atoms with Gasteiger partial charge in [-0.1, -0.05) is 15.9 Å². The van der Waals surface area contributed by atoms with Crippen LogP contribution in [0.15, 0.2) is 58.4 Å². The van der Waals surface area contributed by atoms with E-state index in [1.165, 1.54) is 17.3 Å².